The summed E-state index contributed by atoms with van der Waals surface area (Å²) >= 11 is 5.94. The standard InChI is InChI=1S/C18H23ClN4O/c1-11(2)24-17-6-4-13(9-23-17)18(15-7-14(20)10-21-15)12-3-5-16(19)22-8-12/h3-6,8-9,11,14-15,18,21H,7,10,20H2,1-2H3/t14-,15?,18?/m1/s1. The highest BCUT2D eigenvalue weighted by atomic mass is 35.5. The monoisotopic (exact) mass is 346 g/mol. The molecule has 3 heterocycles. The second-order valence-corrected chi connectivity index (χ2v) is 6.89. The topological polar surface area (TPSA) is 73.1 Å². The van der Waals surface area contributed by atoms with E-state index in [1.54, 1.807) is 0 Å². The lowest BCUT2D eigenvalue weighted by Crippen LogP contribution is -2.30. The smallest absolute Gasteiger partial charge is 0.213 e. The molecular formula is C18H23ClN4O. The van der Waals surface area contributed by atoms with Gasteiger partial charge in [0.1, 0.15) is 5.15 Å². The van der Waals surface area contributed by atoms with Crippen molar-refractivity contribution in [3.63, 3.8) is 0 Å². The van der Waals surface area contributed by atoms with Gasteiger partial charge in [0.25, 0.3) is 0 Å². The summed E-state index contributed by atoms with van der Waals surface area (Å²) in [4.78, 5) is 8.68. The van der Waals surface area contributed by atoms with E-state index in [4.69, 9.17) is 22.1 Å². The Morgan fingerprint density at radius 3 is 2.38 bits per heavy atom. The molecule has 0 aliphatic carbocycles. The summed E-state index contributed by atoms with van der Waals surface area (Å²) < 4.78 is 5.64. The van der Waals surface area contributed by atoms with Gasteiger partial charge < -0.3 is 15.8 Å². The molecule has 0 radical (unpaired) electrons. The predicted octanol–water partition coefficient (Wildman–Crippen LogP) is 2.74. The predicted molar refractivity (Wildman–Crippen MR) is 95.5 cm³/mol. The van der Waals surface area contributed by atoms with E-state index < -0.39 is 0 Å². The first-order valence-corrected chi connectivity index (χ1v) is 8.63. The minimum absolute atomic E-state index is 0.106. The highest BCUT2D eigenvalue weighted by molar-refractivity contribution is 6.29. The van der Waals surface area contributed by atoms with Crippen LogP contribution in [0, 0.1) is 0 Å². The van der Waals surface area contributed by atoms with Crippen LogP contribution in [0.4, 0.5) is 0 Å². The lowest BCUT2D eigenvalue weighted by atomic mass is 9.85. The number of pyridine rings is 2. The van der Waals surface area contributed by atoms with Crippen LogP contribution in [-0.4, -0.2) is 34.7 Å². The first-order valence-electron chi connectivity index (χ1n) is 8.26. The van der Waals surface area contributed by atoms with Gasteiger partial charge in [0.2, 0.25) is 5.88 Å². The number of rotatable bonds is 5. The summed E-state index contributed by atoms with van der Waals surface area (Å²) in [6.45, 7) is 4.80. The van der Waals surface area contributed by atoms with Gasteiger partial charge in [0.05, 0.1) is 6.10 Å². The maximum absolute atomic E-state index is 6.09. The van der Waals surface area contributed by atoms with E-state index in [-0.39, 0.29) is 24.1 Å². The Balaban J connectivity index is 1.90. The fourth-order valence-corrected chi connectivity index (χ4v) is 3.28. The van der Waals surface area contributed by atoms with E-state index >= 15 is 0 Å². The molecule has 2 unspecified atom stereocenters. The van der Waals surface area contributed by atoms with Crippen molar-refractivity contribution in [3.8, 4) is 5.88 Å². The molecule has 2 aromatic heterocycles. The summed E-state index contributed by atoms with van der Waals surface area (Å²) in [5.74, 6) is 0.765. The quantitative estimate of drug-likeness (QED) is 0.814. The Morgan fingerprint density at radius 1 is 1.17 bits per heavy atom. The number of aromatic nitrogens is 2. The third-order valence-corrected chi connectivity index (χ3v) is 4.41. The molecule has 0 aromatic carbocycles. The van der Waals surface area contributed by atoms with Crippen LogP contribution in [0.2, 0.25) is 5.15 Å². The number of nitrogens with zero attached hydrogens (tertiary/aromatic N) is 2. The third kappa shape index (κ3) is 4.04. The Morgan fingerprint density at radius 2 is 1.88 bits per heavy atom. The van der Waals surface area contributed by atoms with Crippen LogP contribution in [0.3, 0.4) is 0 Å². The van der Waals surface area contributed by atoms with Gasteiger partial charge >= 0.3 is 0 Å². The van der Waals surface area contributed by atoms with E-state index in [1.807, 2.05) is 44.4 Å². The van der Waals surface area contributed by atoms with Gasteiger partial charge in [-0.25, -0.2) is 9.97 Å². The molecular weight excluding hydrogens is 324 g/mol. The average molecular weight is 347 g/mol. The van der Waals surface area contributed by atoms with Gasteiger partial charge in [-0.1, -0.05) is 23.7 Å². The van der Waals surface area contributed by atoms with E-state index in [2.05, 4.69) is 21.4 Å². The van der Waals surface area contributed by atoms with Crippen molar-refractivity contribution >= 4 is 11.6 Å². The van der Waals surface area contributed by atoms with Crippen molar-refractivity contribution in [2.75, 3.05) is 6.54 Å². The molecule has 0 amide bonds. The Labute approximate surface area is 147 Å². The maximum atomic E-state index is 6.09. The number of halogens is 1. The van der Waals surface area contributed by atoms with Crippen molar-refractivity contribution in [3.05, 3.63) is 52.9 Å². The van der Waals surface area contributed by atoms with Crippen LogP contribution in [-0.2, 0) is 0 Å². The average Bonchev–Trinajstić information content (AvgIpc) is 2.97. The molecule has 1 fully saturated rings. The summed E-state index contributed by atoms with van der Waals surface area (Å²) in [5, 5.41) is 4.01. The molecule has 3 N–H and O–H groups in total. The number of nitrogens with one attached hydrogen (secondary N) is 1. The summed E-state index contributed by atoms with van der Waals surface area (Å²) in [5.41, 5.74) is 8.30. The van der Waals surface area contributed by atoms with Gasteiger partial charge in [-0.15, -0.1) is 0 Å². The van der Waals surface area contributed by atoms with Gasteiger partial charge in [-0.05, 0) is 37.5 Å². The second kappa shape index (κ2) is 7.47. The molecule has 1 aliphatic rings. The Hall–Kier alpha value is -1.69. The van der Waals surface area contributed by atoms with E-state index in [0.29, 0.717) is 11.0 Å². The largest absolute Gasteiger partial charge is 0.475 e. The van der Waals surface area contributed by atoms with Crippen LogP contribution >= 0.6 is 11.6 Å². The van der Waals surface area contributed by atoms with E-state index in [0.717, 1.165) is 24.1 Å². The second-order valence-electron chi connectivity index (χ2n) is 6.50. The molecule has 3 atom stereocenters. The molecule has 24 heavy (non-hydrogen) atoms. The lowest BCUT2D eigenvalue weighted by molar-refractivity contribution is 0.232. The van der Waals surface area contributed by atoms with Crippen molar-refractivity contribution in [2.45, 2.75) is 44.4 Å². The molecule has 2 aromatic rings. The number of ether oxygens (including phenoxy) is 1. The van der Waals surface area contributed by atoms with Gasteiger partial charge in [-0.3, -0.25) is 0 Å². The third-order valence-electron chi connectivity index (χ3n) is 4.19. The Kier molecular flexibility index (Phi) is 5.33. The van der Waals surface area contributed by atoms with Gasteiger partial charge in [0, 0.05) is 43.0 Å². The molecule has 3 rings (SSSR count). The Bertz CT molecular complexity index is 660. The van der Waals surface area contributed by atoms with Crippen LogP contribution < -0.4 is 15.8 Å². The molecule has 0 bridgehead atoms. The summed E-state index contributed by atoms with van der Waals surface area (Å²) in [6, 6.07) is 8.25. The first kappa shape index (κ1) is 17.1. The molecule has 5 nitrogen and oxygen atoms in total. The zero-order valence-corrected chi connectivity index (χ0v) is 14.7. The minimum Gasteiger partial charge on any atom is -0.475 e. The molecule has 0 saturated carbocycles. The number of hydrogen-bond donors (Lipinski definition) is 2. The molecule has 128 valence electrons. The van der Waals surface area contributed by atoms with E-state index in [1.165, 1.54) is 0 Å². The normalized spacial score (nSPS) is 21.9. The summed E-state index contributed by atoms with van der Waals surface area (Å²) in [7, 11) is 0. The van der Waals surface area contributed by atoms with Crippen molar-refractivity contribution < 1.29 is 4.74 Å². The zero-order chi connectivity index (χ0) is 17.1. The molecule has 0 spiro atoms. The van der Waals surface area contributed by atoms with Crippen LogP contribution in [0.5, 0.6) is 5.88 Å². The highest BCUT2D eigenvalue weighted by Crippen LogP contribution is 2.32. The van der Waals surface area contributed by atoms with Crippen molar-refractivity contribution in [1.29, 1.82) is 0 Å². The minimum atomic E-state index is 0.106. The summed E-state index contributed by atoms with van der Waals surface area (Å²) in [6.07, 6.45) is 4.73. The van der Waals surface area contributed by atoms with E-state index in [9.17, 15) is 0 Å². The zero-order valence-electron chi connectivity index (χ0n) is 13.9. The highest BCUT2D eigenvalue weighted by Gasteiger charge is 2.31. The van der Waals surface area contributed by atoms with Gasteiger partial charge in [-0.2, -0.15) is 0 Å². The first-order chi connectivity index (χ1) is 11.5. The maximum Gasteiger partial charge on any atom is 0.213 e. The fourth-order valence-electron chi connectivity index (χ4n) is 3.16. The molecule has 1 saturated heterocycles. The number of nitrogens with two attached hydrogens (primary N) is 1. The fraction of sp³-hybridized carbons (Fsp3) is 0.444. The number of hydrogen-bond acceptors (Lipinski definition) is 5. The van der Waals surface area contributed by atoms with Crippen LogP contribution in [0.1, 0.15) is 37.3 Å². The van der Waals surface area contributed by atoms with Crippen LogP contribution in [0.15, 0.2) is 36.7 Å². The molecule has 1 aliphatic heterocycles. The van der Waals surface area contributed by atoms with Crippen molar-refractivity contribution in [2.24, 2.45) is 5.73 Å². The van der Waals surface area contributed by atoms with Crippen LogP contribution in [0.25, 0.3) is 0 Å². The van der Waals surface area contributed by atoms with Gasteiger partial charge in [0.15, 0.2) is 0 Å². The SMILES string of the molecule is CC(C)Oc1ccc(C(c2ccc(Cl)nc2)C2C[C@@H](N)CN2)cn1. The molecule has 6 heteroatoms. The lowest BCUT2D eigenvalue weighted by Gasteiger charge is -2.24. The van der Waals surface area contributed by atoms with Crippen molar-refractivity contribution in [1.82, 2.24) is 15.3 Å².